The van der Waals surface area contributed by atoms with Gasteiger partial charge in [0.25, 0.3) is 0 Å². The van der Waals surface area contributed by atoms with Crippen LogP contribution in [-0.2, 0) is 48.3 Å². The lowest BCUT2D eigenvalue weighted by Crippen LogP contribution is -2.68. The van der Waals surface area contributed by atoms with Crippen LogP contribution in [0, 0.1) is 0 Å². The second kappa shape index (κ2) is 20.0. The summed E-state index contributed by atoms with van der Waals surface area (Å²) in [5, 5.41) is 25.6. The van der Waals surface area contributed by atoms with Crippen LogP contribution in [0.25, 0.3) is 32.3 Å². The number of nitrogens with two attached hydrogens (primary N) is 4. The molecule has 0 spiro atoms. The van der Waals surface area contributed by atoms with Crippen molar-refractivity contribution < 1.29 is 51.9 Å². The number of carbonyl (C=O) groups is 1. The SMILES string of the molecule is NC[C@H]1O[C@H](O[C@H]2[C@H](O)[C@@H](OCc3ccc4ccccc4c3)[C@H](N)C[C@@H]2N)[C@H](N)[C@@H](OCc2ccc3ccccc3c2)[C@@H]1OCc1ccc2ccccc2c1.O=C(O)C(F)(F)F. The highest BCUT2D eigenvalue weighted by Gasteiger charge is 2.50. The molecule has 15 heteroatoms. The highest BCUT2D eigenvalue weighted by atomic mass is 19.4. The molecule has 12 nitrogen and oxygen atoms in total. The molecule has 10 atom stereocenters. The molecule has 0 aromatic heterocycles. The third-order valence-corrected chi connectivity index (χ3v) is 11.3. The molecular formula is C47H51F3N4O8. The fourth-order valence-electron chi connectivity index (χ4n) is 8.04. The molecule has 2 fully saturated rings. The van der Waals surface area contributed by atoms with E-state index in [1.165, 1.54) is 0 Å². The Morgan fingerprint density at radius 1 is 0.613 bits per heavy atom. The van der Waals surface area contributed by atoms with Crippen molar-refractivity contribution in [2.75, 3.05) is 6.54 Å². The van der Waals surface area contributed by atoms with Gasteiger partial charge >= 0.3 is 12.1 Å². The minimum atomic E-state index is -5.08. The van der Waals surface area contributed by atoms with Crippen LogP contribution >= 0.6 is 0 Å². The minimum absolute atomic E-state index is 0.118. The van der Waals surface area contributed by atoms with Crippen molar-refractivity contribution in [2.24, 2.45) is 22.9 Å². The van der Waals surface area contributed by atoms with Crippen LogP contribution in [0.3, 0.4) is 0 Å². The normalized spacial score (nSPS) is 26.6. The van der Waals surface area contributed by atoms with Gasteiger partial charge < -0.3 is 56.8 Å². The van der Waals surface area contributed by atoms with E-state index in [1.807, 2.05) is 48.5 Å². The zero-order chi connectivity index (χ0) is 44.0. The Morgan fingerprint density at radius 2 is 1.00 bits per heavy atom. The van der Waals surface area contributed by atoms with Crippen LogP contribution in [-0.4, -0.2) is 89.9 Å². The number of carboxylic acid groups (broad SMARTS) is 1. The molecule has 0 amide bonds. The van der Waals surface area contributed by atoms with Crippen LogP contribution < -0.4 is 22.9 Å². The van der Waals surface area contributed by atoms with Crippen LogP contribution in [0.2, 0.25) is 0 Å². The van der Waals surface area contributed by atoms with E-state index >= 15 is 0 Å². The van der Waals surface area contributed by atoms with Crippen LogP contribution in [0.1, 0.15) is 23.1 Å². The molecule has 0 unspecified atom stereocenters. The van der Waals surface area contributed by atoms with Gasteiger partial charge in [0, 0.05) is 18.6 Å². The van der Waals surface area contributed by atoms with E-state index < -0.39 is 73.2 Å². The van der Waals surface area contributed by atoms with Crippen LogP contribution in [0.5, 0.6) is 0 Å². The average Bonchev–Trinajstić information content (AvgIpc) is 3.26. The summed E-state index contributed by atoms with van der Waals surface area (Å²) in [6.07, 6.45) is -10.4. The molecule has 2 aliphatic rings. The summed E-state index contributed by atoms with van der Waals surface area (Å²) in [6, 6.07) is 41.2. The molecule has 10 N–H and O–H groups in total. The van der Waals surface area contributed by atoms with E-state index in [2.05, 4.69) is 78.9 Å². The molecule has 1 heterocycles. The lowest BCUT2D eigenvalue weighted by Gasteiger charge is -2.48. The predicted octanol–water partition coefficient (Wildman–Crippen LogP) is 5.65. The van der Waals surface area contributed by atoms with Gasteiger partial charge in [-0.1, -0.05) is 109 Å². The van der Waals surface area contributed by atoms with Gasteiger partial charge in [-0.15, -0.1) is 0 Å². The Morgan fingerprint density at radius 3 is 1.42 bits per heavy atom. The number of hydrogen-bond donors (Lipinski definition) is 6. The van der Waals surface area contributed by atoms with E-state index in [9.17, 15) is 18.3 Å². The fourth-order valence-corrected chi connectivity index (χ4v) is 8.04. The number of aliphatic carboxylic acids is 1. The van der Waals surface area contributed by atoms with Crippen molar-refractivity contribution in [1.29, 1.82) is 0 Å². The molecule has 0 bridgehead atoms. The van der Waals surface area contributed by atoms with Crippen molar-refractivity contribution in [3.63, 3.8) is 0 Å². The maximum Gasteiger partial charge on any atom is 0.490 e. The van der Waals surface area contributed by atoms with Crippen molar-refractivity contribution >= 4 is 38.3 Å². The first kappa shape index (κ1) is 45.0. The topological polar surface area (TPSA) is 208 Å². The molecule has 1 aliphatic heterocycles. The number of fused-ring (bicyclic) bond motifs is 3. The first-order valence-electron chi connectivity index (χ1n) is 20.3. The van der Waals surface area contributed by atoms with E-state index in [0.29, 0.717) is 13.0 Å². The van der Waals surface area contributed by atoms with Crippen LogP contribution in [0.15, 0.2) is 127 Å². The van der Waals surface area contributed by atoms with E-state index in [1.54, 1.807) is 0 Å². The molecule has 1 saturated heterocycles. The van der Waals surface area contributed by atoms with Gasteiger partial charge in [-0.3, -0.25) is 0 Å². The van der Waals surface area contributed by atoms with Gasteiger partial charge in [-0.25, -0.2) is 4.79 Å². The quantitative estimate of drug-likeness (QED) is 0.0883. The number of carboxylic acids is 1. The number of aliphatic hydroxyl groups is 1. The Hall–Kier alpha value is -5.04. The third kappa shape index (κ3) is 10.8. The summed E-state index contributed by atoms with van der Waals surface area (Å²) in [6.45, 7) is 0.947. The van der Waals surface area contributed by atoms with Gasteiger partial charge in [0.2, 0.25) is 0 Å². The number of hydrogen-bond acceptors (Lipinski definition) is 11. The van der Waals surface area contributed by atoms with E-state index in [-0.39, 0.29) is 19.8 Å². The molecule has 8 rings (SSSR count). The third-order valence-electron chi connectivity index (χ3n) is 11.3. The molecule has 1 saturated carbocycles. The van der Waals surface area contributed by atoms with Crippen molar-refractivity contribution in [3.05, 3.63) is 144 Å². The highest BCUT2D eigenvalue weighted by molar-refractivity contribution is 5.84. The number of alkyl halides is 3. The summed E-state index contributed by atoms with van der Waals surface area (Å²) in [5.41, 5.74) is 29.5. The Balaban J connectivity index is 0.000000762. The van der Waals surface area contributed by atoms with Gasteiger partial charge in [0.1, 0.15) is 36.6 Å². The van der Waals surface area contributed by atoms with Gasteiger partial charge in [-0.05, 0) is 73.6 Å². The Labute approximate surface area is 356 Å². The molecule has 328 valence electrons. The monoisotopic (exact) mass is 856 g/mol. The smallest absolute Gasteiger partial charge is 0.475 e. The van der Waals surface area contributed by atoms with Crippen molar-refractivity contribution in [3.8, 4) is 0 Å². The second-order valence-electron chi connectivity index (χ2n) is 15.7. The molecule has 6 aromatic rings. The molecule has 62 heavy (non-hydrogen) atoms. The first-order chi connectivity index (χ1) is 29.8. The maximum absolute atomic E-state index is 11.7. The number of rotatable bonds is 12. The number of ether oxygens (including phenoxy) is 5. The standard InChI is InChI=1S/C45H50N4O6.C2HF3O2/c46-23-38-43(52-25-28-14-17-31-8-2-5-11-34(31)20-28)44(53-26-29-15-18-32-9-3-6-12-35(32)21-29)39(49)45(54-38)55-42-37(48)22-36(47)41(40(42)50)51-24-27-13-16-30-7-1-4-10-33(30)19-27;3-2(4,5)1(6)7/h1-21,36-45,50H,22-26,46-49H2;(H,6,7)/t36-,37+,38-,39-,40-,41+,42-,43-,44-,45-;/m1./s1. The van der Waals surface area contributed by atoms with E-state index in [0.717, 1.165) is 49.0 Å². The highest BCUT2D eigenvalue weighted by Crippen LogP contribution is 2.32. The largest absolute Gasteiger partial charge is 0.490 e. The van der Waals surface area contributed by atoms with Gasteiger partial charge in [0.15, 0.2) is 6.29 Å². The minimum Gasteiger partial charge on any atom is -0.475 e. The Bertz CT molecular complexity index is 2440. The molecular weight excluding hydrogens is 806 g/mol. The number of benzene rings is 6. The summed E-state index contributed by atoms with van der Waals surface area (Å²) in [7, 11) is 0. The summed E-state index contributed by atoms with van der Waals surface area (Å²) >= 11 is 0. The summed E-state index contributed by atoms with van der Waals surface area (Å²) < 4.78 is 64.3. The molecule has 6 aromatic carbocycles. The van der Waals surface area contributed by atoms with Gasteiger partial charge in [0.05, 0.1) is 25.9 Å². The lowest BCUT2D eigenvalue weighted by molar-refractivity contribution is -0.302. The number of halogens is 3. The Kier molecular flexibility index (Phi) is 14.5. The lowest BCUT2D eigenvalue weighted by atomic mass is 9.84. The number of aliphatic hydroxyl groups excluding tert-OH is 1. The predicted molar refractivity (Wildman–Crippen MR) is 228 cm³/mol. The zero-order valence-electron chi connectivity index (χ0n) is 33.7. The summed E-state index contributed by atoms with van der Waals surface area (Å²) in [4.78, 5) is 8.90. The van der Waals surface area contributed by atoms with Gasteiger partial charge in [-0.2, -0.15) is 13.2 Å². The maximum atomic E-state index is 11.7. The first-order valence-corrected chi connectivity index (χ1v) is 20.3. The molecule has 1 aliphatic carbocycles. The average molecular weight is 857 g/mol. The summed E-state index contributed by atoms with van der Waals surface area (Å²) in [5.74, 6) is -2.76. The molecule has 0 radical (unpaired) electrons. The zero-order valence-corrected chi connectivity index (χ0v) is 33.7. The van der Waals surface area contributed by atoms with Crippen molar-refractivity contribution in [2.45, 2.75) is 93.5 Å². The van der Waals surface area contributed by atoms with Crippen LogP contribution in [0.4, 0.5) is 13.2 Å². The fraction of sp³-hybridized carbons (Fsp3) is 0.340. The van der Waals surface area contributed by atoms with Crippen molar-refractivity contribution in [1.82, 2.24) is 0 Å². The second-order valence-corrected chi connectivity index (χ2v) is 15.7. The van der Waals surface area contributed by atoms with E-state index in [4.69, 9.17) is 56.5 Å².